The van der Waals surface area contributed by atoms with Crippen molar-refractivity contribution in [3.8, 4) is 17.2 Å². The molecule has 6 heteroatoms. The zero-order valence-corrected chi connectivity index (χ0v) is 16.5. The van der Waals surface area contributed by atoms with Gasteiger partial charge in [-0.2, -0.15) is 0 Å². The summed E-state index contributed by atoms with van der Waals surface area (Å²) in [5, 5.41) is 0. The Hall–Kier alpha value is -2.99. The number of ketones is 1. The standard InChI is InChI=1S/C22H17BrO5/c23-16-2-1-3-18(13-16)27-14-19-6-5-17(28-19)7-8-20(24)15-4-9-21-22(12-15)26-11-10-25-21/h1-9,12-13H,10-11,14H2/b8-7+. The van der Waals surface area contributed by atoms with Crippen molar-refractivity contribution in [1.82, 2.24) is 0 Å². The Balaban J connectivity index is 1.37. The topological polar surface area (TPSA) is 57.9 Å². The fourth-order valence-electron chi connectivity index (χ4n) is 2.72. The largest absolute Gasteiger partial charge is 0.486 e. The number of allylic oxidation sites excluding steroid dienone is 1. The highest BCUT2D eigenvalue weighted by Gasteiger charge is 2.13. The van der Waals surface area contributed by atoms with Crippen molar-refractivity contribution in [1.29, 1.82) is 0 Å². The maximum absolute atomic E-state index is 12.4. The maximum atomic E-state index is 12.4. The lowest BCUT2D eigenvalue weighted by atomic mass is 10.1. The monoisotopic (exact) mass is 440 g/mol. The Labute approximate surface area is 170 Å². The van der Waals surface area contributed by atoms with Gasteiger partial charge < -0.3 is 18.6 Å². The molecule has 142 valence electrons. The van der Waals surface area contributed by atoms with Crippen molar-refractivity contribution in [2.45, 2.75) is 6.61 Å². The lowest BCUT2D eigenvalue weighted by molar-refractivity contribution is 0.104. The van der Waals surface area contributed by atoms with Crippen LogP contribution < -0.4 is 14.2 Å². The normalized spacial score (nSPS) is 12.9. The Bertz CT molecular complexity index is 1020. The van der Waals surface area contributed by atoms with E-state index in [9.17, 15) is 4.79 Å². The number of benzene rings is 2. The van der Waals surface area contributed by atoms with Crippen molar-refractivity contribution < 1.29 is 23.4 Å². The van der Waals surface area contributed by atoms with E-state index in [1.54, 1.807) is 30.3 Å². The smallest absolute Gasteiger partial charge is 0.186 e. The van der Waals surface area contributed by atoms with Crippen molar-refractivity contribution >= 4 is 27.8 Å². The third-order valence-electron chi connectivity index (χ3n) is 4.09. The molecule has 5 nitrogen and oxygen atoms in total. The Kier molecular flexibility index (Phi) is 5.48. The van der Waals surface area contributed by atoms with E-state index in [0.29, 0.717) is 48.4 Å². The molecule has 2 heterocycles. The van der Waals surface area contributed by atoms with Crippen LogP contribution in [0.25, 0.3) is 6.08 Å². The van der Waals surface area contributed by atoms with Crippen molar-refractivity contribution in [2.75, 3.05) is 13.2 Å². The van der Waals surface area contributed by atoms with Gasteiger partial charge >= 0.3 is 0 Å². The third-order valence-corrected chi connectivity index (χ3v) is 4.58. The van der Waals surface area contributed by atoms with Crippen molar-refractivity contribution in [2.24, 2.45) is 0 Å². The zero-order valence-electron chi connectivity index (χ0n) is 14.9. The molecule has 0 saturated heterocycles. The molecule has 0 atom stereocenters. The second kappa shape index (κ2) is 8.35. The highest BCUT2D eigenvalue weighted by Crippen LogP contribution is 2.31. The second-order valence-electron chi connectivity index (χ2n) is 6.11. The number of fused-ring (bicyclic) bond motifs is 1. The molecular weight excluding hydrogens is 424 g/mol. The van der Waals surface area contributed by atoms with E-state index in [2.05, 4.69) is 15.9 Å². The molecule has 0 amide bonds. The molecule has 0 fully saturated rings. The number of hydrogen-bond donors (Lipinski definition) is 0. The Morgan fingerprint density at radius 2 is 1.89 bits per heavy atom. The number of carbonyl (C=O) groups is 1. The van der Waals surface area contributed by atoms with Gasteiger partial charge in [0.1, 0.15) is 37.1 Å². The van der Waals surface area contributed by atoms with Crippen LogP contribution in [-0.4, -0.2) is 19.0 Å². The minimum atomic E-state index is -0.139. The molecule has 0 unspecified atom stereocenters. The molecule has 3 aromatic rings. The summed E-state index contributed by atoms with van der Waals surface area (Å²) in [6.45, 7) is 1.31. The second-order valence-corrected chi connectivity index (χ2v) is 7.02. The van der Waals surface area contributed by atoms with Crippen LogP contribution in [0.4, 0.5) is 0 Å². The number of ether oxygens (including phenoxy) is 3. The minimum absolute atomic E-state index is 0.139. The Morgan fingerprint density at radius 1 is 1.04 bits per heavy atom. The van der Waals surface area contributed by atoms with E-state index in [4.69, 9.17) is 18.6 Å². The highest BCUT2D eigenvalue weighted by atomic mass is 79.9. The predicted octanol–water partition coefficient (Wildman–Crippen LogP) is 5.29. The van der Waals surface area contributed by atoms with Gasteiger partial charge in [0.05, 0.1) is 0 Å². The number of hydrogen-bond acceptors (Lipinski definition) is 5. The van der Waals surface area contributed by atoms with Gasteiger partial charge in [0.2, 0.25) is 0 Å². The molecule has 1 aromatic heterocycles. The van der Waals surface area contributed by atoms with E-state index in [0.717, 1.165) is 10.2 Å². The Morgan fingerprint density at radius 3 is 2.75 bits per heavy atom. The van der Waals surface area contributed by atoms with E-state index in [1.165, 1.54) is 6.08 Å². The van der Waals surface area contributed by atoms with E-state index in [-0.39, 0.29) is 5.78 Å². The average molecular weight is 441 g/mol. The summed E-state index contributed by atoms with van der Waals surface area (Å²) in [4.78, 5) is 12.4. The molecule has 2 aromatic carbocycles. The molecule has 0 N–H and O–H groups in total. The minimum Gasteiger partial charge on any atom is -0.486 e. The average Bonchev–Trinajstić information content (AvgIpc) is 3.18. The molecule has 0 saturated carbocycles. The van der Waals surface area contributed by atoms with Gasteiger partial charge in [-0.15, -0.1) is 0 Å². The first-order valence-corrected chi connectivity index (χ1v) is 9.56. The molecule has 0 radical (unpaired) electrons. The van der Waals surface area contributed by atoms with Crippen LogP contribution in [0.5, 0.6) is 17.2 Å². The first-order chi connectivity index (χ1) is 13.7. The summed E-state index contributed by atoms with van der Waals surface area (Å²) in [7, 11) is 0. The zero-order chi connectivity index (χ0) is 19.3. The van der Waals surface area contributed by atoms with Crippen LogP contribution >= 0.6 is 15.9 Å². The van der Waals surface area contributed by atoms with E-state index >= 15 is 0 Å². The summed E-state index contributed by atoms with van der Waals surface area (Å²) in [5.74, 6) is 3.12. The van der Waals surface area contributed by atoms with Gasteiger partial charge in [0.25, 0.3) is 0 Å². The number of halogens is 1. The molecule has 28 heavy (non-hydrogen) atoms. The summed E-state index contributed by atoms with van der Waals surface area (Å²) >= 11 is 3.41. The predicted molar refractivity (Wildman–Crippen MR) is 108 cm³/mol. The number of rotatable bonds is 6. The van der Waals surface area contributed by atoms with Gasteiger partial charge in [0.15, 0.2) is 17.3 Å². The number of carbonyl (C=O) groups excluding carboxylic acids is 1. The molecule has 0 bridgehead atoms. The summed E-state index contributed by atoms with van der Waals surface area (Å²) in [6.07, 6.45) is 3.12. The first-order valence-electron chi connectivity index (χ1n) is 8.76. The molecule has 1 aliphatic heterocycles. The van der Waals surface area contributed by atoms with Gasteiger partial charge in [-0.3, -0.25) is 4.79 Å². The summed E-state index contributed by atoms with van der Waals surface area (Å²) in [6, 6.07) is 16.4. The maximum Gasteiger partial charge on any atom is 0.186 e. The fraction of sp³-hybridized carbons (Fsp3) is 0.136. The van der Waals surface area contributed by atoms with Crippen LogP contribution in [0.2, 0.25) is 0 Å². The fourth-order valence-corrected chi connectivity index (χ4v) is 3.10. The van der Waals surface area contributed by atoms with Gasteiger partial charge in [-0.25, -0.2) is 0 Å². The summed E-state index contributed by atoms with van der Waals surface area (Å²) in [5.41, 5.74) is 0.533. The van der Waals surface area contributed by atoms with Crippen LogP contribution in [0, 0.1) is 0 Å². The van der Waals surface area contributed by atoms with Gasteiger partial charge in [0, 0.05) is 10.0 Å². The van der Waals surface area contributed by atoms with E-state index < -0.39 is 0 Å². The molecule has 4 rings (SSSR count). The highest BCUT2D eigenvalue weighted by molar-refractivity contribution is 9.10. The lowest BCUT2D eigenvalue weighted by Crippen LogP contribution is -2.15. The lowest BCUT2D eigenvalue weighted by Gasteiger charge is -2.18. The van der Waals surface area contributed by atoms with Crippen LogP contribution in [0.1, 0.15) is 21.9 Å². The number of furan rings is 1. The van der Waals surface area contributed by atoms with Gasteiger partial charge in [-0.05, 0) is 60.7 Å². The first kappa shape index (κ1) is 18.4. The molecule has 0 aliphatic carbocycles. The van der Waals surface area contributed by atoms with E-state index in [1.807, 2.05) is 30.3 Å². The van der Waals surface area contributed by atoms with Crippen LogP contribution in [-0.2, 0) is 6.61 Å². The molecular formula is C22H17BrO5. The van der Waals surface area contributed by atoms with Crippen molar-refractivity contribution in [3.63, 3.8) is 0 Å². The van der Waals surface area contributed by atoms with Crippen LogP contribution in [0.15, 0.2) is 69.6 Å². The van der Waals surface area contributed by atoms with Gasteiger partial charge in [-0.1, -0.05) is 22.0 Å². The quantitative estimate of drug-likeness (QED) is 0.385. The third kappa shape index (κ3) is 4.46. The molecule has 1 aliphatic rings. The van der Waals surface area contributed by atoms with Crippen molar-refractivity contribution in [3.05, 3.63) is 82.2 Å². The molecule has 0 spiro atoms. The van der Waals surface area contributed by atoms with Crippen LogP contribution in [0.3, 0.4) is 0 Å². The summed E-state index contributed by atoms with van der Waals surface area (Å²) < 4.78 is 23.3. The SMILES string of the molecule is O=C(/C=C/c1ccc(COc2cccc(Br)c2)o1)c1ccc2c(c1)OCCO2.